The molecular formula is C14H18BrF2N5O. The molecule has 6 nitrogen and oxygen atoms in total. The van der Waals surface area contributed by atoms with Gasteiger partial charge in [-0.3, -0.25) is 14.2 Å². The number of aromatic nitrogens is 4. The Kier molecular flexibility index (Phi) is 4.88. The van der Waals surface area contributed by atoms with Crippen LogP contribution in [0.2, 0.25) is 0 Å². The molecule has 0 spiro atoms. The average molecular weight is 390 g/mol. The topological polar surface area (TPSA) is 64.7 Å². The van der Waals surface area contributed by atoms with Crippen molar-refractivity contribution in [3.05, 3.63) is 27.2 Å². The number of carbonyl (C=O) groups is 1. The van der Waals surface area contributed by atoms with Crippen molar-refractivity contribution in [1.82, 2.24) is 19.6 Å². The third-order valence-corrected chi connectivity index (χ3v) is 4.79. The summed E-state index contributed by atoms with van der Waals surface area (Å²) in [5.74, 6) is -0.344. The Morgan fingerprint density at radius 3 is 2.26 bits per heavy atom. The molecule has 0 aliphatic carbocycles. The lowest BCUT2D eigenvalue weighted by atomic mass is 10.2. The number of alkyl halides is 2. The second-order valence-corrected chi connectivity index (χ2v) is 6.16. The Bertz CT molecular complexity index is 753. The first-order valence-electron chi connectivity index (χ1n) is 6.98. The van der Waals surface area contributed by atoms with Gasteiger partial charge in [-0.05, 0) is 43.6 Å². The van der Waals surface area contributed by atoms with E-state index in [4.69, 9.17) is 0 Å². The Balaban J connectivity index is 2.28. The van der Waals surface area contributed by atoms with Crippen molar-refractivity contribution >= 4 is 27.5 Å². The van der Waals surface area contributed by atoms with E-state index in [0.717, 1.165) is 5.69 Å². The standard InChI is InChI=1S/C14H18BrF2N5O/c1-6-11(8(3)21(5)19-6)18-14(23)9(4)22-7(2)10(15)12(20-22)13(16)17/h9,13H,1-5H3,(H,18,23)/t9-/m0/s1. The largest absolute Gasteiger partial charge is 0.321 e. The molecule has 0 fully saturated rings. The molecule has 0 saturated heterocycles. The first kappa shape index (κ1) is 17.6. The number of anilines is 1. The number of amides is 1. The molecule has 1 atom stereocenters. The van der Waals surface area contributed by atoms with E-state index in [1.807, 2.05) is 6.92 Å². The minimum atomic E-state index is -2.71. The van der Waals surface area contributed by atoms with Crippen molar-refractivity contribution in [2.24, 2.45) is 7.05 Å². The van der Waals surface area contributed by atoms with Crippen molar-refractivity contribution < 1.29 is 13.6 Å². The second kappa shape index (κ2) is 6.38. The van der Waals surface area contributed by atoms with Gasteiger partial charge in [0, 0.05) is 7.05 Å². The number of nitrogens with zero attached hydrogens (tertiary/aromatic N) is 4. The maximum atomic E-state index is 12.9. The van der Waals surface area contributed by atoms with Gasteiger partial charge >= 0.3 is 0 Å². The molecule has 0 bridgehead atoms. The number of hydrogen-bond acceptors (Lipinski definition) is 3. The minimum absolute atomic E-state index is 0.223. The number of carbonyl (C=O) groups excluding carboxylic acids is 1. The van der Waals surface area contributed by atoms with Crippen molar-refractivity contribution in [3.63, 3.8) is 0 Å². The predicted molar refractivity (Wildman–Crippen MR) is 85.6 cm³/mol. The quantitative estimate of drug-likeness (QED) is 0.870. The molecule has 0 radical (unpaired) electrons. The van der Waals surface area contributed by atoms with Crippen molar-refractivity contribution in [1.29, 1.82) is 0 Å². The molecule has 0 saturated carbocycles. The monoisotopic (exact) mass is 389 g/mol. The van der Waals surface area contributed by atoms with Gasteiger partial charge in [-0.25, -0.2) is 8.78 Å². The molecule has 9 heteroatoms. The van der Waals surface area contributed by atoms with Crippen LogP contribution in [0.1, 0.15) is 42.2 Å². The van der Waals surface area contributed by atoms with Gasteiger partial charge in [-0.2, -0.15) is 10.2 Å². The van der Waals surface area contributed by atoms with Crippen LogP contribution in [-0.4, -0.2) is 25.5 Å². The lowest BCUT2D eigenvalue weighted by molar-refractivity contribution is -0.119. The number of nitrogens with one attached hydrogen (secondary N) is 1. The average Bonchev–Trinajstić information content (AvgIpc) is 2.90. The van der Waals surface area contributed by atoms with Gasteiger partial charge in [0.15, 0.2) is 0 Å². The summed E-state index contributed by atoms with van der Waals surface area (Å²) in [6.45, 7) is 6.87. The molecular weight excluding hydrogens is 372 g/mol. The fourth-order valence-electron chi connectivity index (χ4n) is 2.33. The van der Waals surface area contributed by atoms with Crippen molar-refractivity contribution in [3.8, 4) is 0 Å². The molecule has 2 rings (SSSR count). The molecule has 0 aliphatic heterocycles. The number of halogens is 3. The van der Waals surface area contributed by atoms with Gasteiger partial charge in [0.1, 0.15) is 11.7 Å². The molecule has 126 valence electrons. The van der Waals surface area contributed by atoms with E-state index >= 15 is 0 Å². The maximum absolute atomic E-state index is 12.9. The van der Waals surface area contributed by atoms with E-state index in [2.05, 4.69) is 31.4 Å². The van der Waals surface area contributed by atoms with Crippen LogP contribution in [0.4, 0.5) is 14.5 Å². The highest BCUT2D eigenvalue weighted by molar-refractivity contribution is 9.10. The number of rotatable bonds is 4. The zero-order valence-corrected chi connectivity index (χ0v) is 15.1. The summed E-state index contributed by atoms with van der Waals surface area (Å²) in [5, 5.41) is 10.9. The molecule has 0 aromatic carbocycles. The highest BCUT2D eigenvalue weighted by Crippen LogP contribution is 2.31. The van der Waals surface area contributed by atoms with Gasteiger partial charge in [0.2, 0.25) is 5.91 Å². The summed E-state index contributed by atoms with van der Waals surface area (Å²) in [6, 6.07) is -0.738. The molecule has 1 N–H and O–H groups in total. The normalized spacial score (nSPS) is 12.7. The predicted octanol–water partition coefficient (Wildman–Crippen LogP) is 3.44. The van der Waals surface area contributed by atoms with Crippen LogP contribution < -0.4 is 5.32 Å². The highest BCUT2D eigenvalue weighted by atomic mass is 79.9. The van der Waals surface area contributed by atoms with E-state index in [0.29, 0.717) is 17.1 Å². The van der Waals surface area contributed by atoms with E-state index in [1.165, 1.54) is 4.68 Å². The number of hydrogen-bond donors (Lipinski definition) is 1. The van der Waals surface area contributed by atoms with Crippen LogP contribution in [0.25, 0.3) is 0 Å². The van der Waals surface area contributed by atoms with Gasteiger partial charge in [0.25, 0.3) is 6.43 Å². The van der Waals surface area contributed by atoms with E-state index < -0.39 is 12.5 Å². The van der Waals surface area contributed by atoms with Crippen LogP contribution in [0.5, 0.6) is 0 Å². The summed E-state index contributed by atoms with van der Waals surface area (Å²) in [4.78, 5) is 12.5. The maximum Gasteiger partial charge on any atom is 0.283 e. The molecule has 1 amide bonds. The van der Waals surface area contributed by atoms with Gasteiger partial charge < -0.3 is 5.32 Å². The Morgan fingerprint density at radius 1 is 1.22 bits per heavy atom. The van der Waals surface area contributed by atoms with Crippen LogP contribution in [0, 0.1) is 20.8 Å². The van der Waals surface area contributed by atoms with Crippen molar-refractivity contribution in [2.75, 3.05) is 5.32 Å². The van der Waals surface area contributed by atoms with Crippen molar-refractivity contribution in [2.45, 2.75) is 40.2 Å². The van der Waals surface area contributed by atoms with Gasteiger partial charge in [-0.15, -0.1) is 0 Å². The van der Waals surface area contributed by atoms with E-state index in [-0.39, 0.29) is 16.1 Å². The molecule has 23 heavy (non-hydrogen) atoms. The van der Waals surface area contributed by atoms with Crippen LogP contribution >= 0.6 is 15.9 Å². The first-order chi connectivity index (χ1) is 10.6. The molecule has 2 aromatic rings. The third kappa shape index (κ3) is 3.15. The van der Waals surface area contributed by atoms with Gasteiger partial charge in [-0.1, -0.05) is 0 Å². The zero-order chi connectivity index (χ0) is 17.5. The summed E-state index contributed by atoms with van der Waals surface area (Å²) >= 11 is 3.10. The zero-order valence-electron chi connectivity index (χ0n) is 13.5. The molecule has 0 aliphatic rings. The summed E-state index contributed by atoms with van der Waals surface area (Å²) < 4.78 is 29.0. The van der Waals surface area contributed by atoms with E-state index in [1.54, 1.807) is 32.5 Å². The third-order valence-electron chi connectivity index (χ3n) is 3.81. The molecule has 2 heterocycles. The Labute approximate surface area is 141 Å². The van der Waals surface area contributed by atoms with E-state index in [9.17, 15) is 13.6 Å². The lowest BCUT2D eigenvalue weighted by Gasteiger charge is -2.14. The highest BCUT2D eigenvalue weighted by Gasteiger charge is 2.26. The second-order valence-electron chi connectivity index (χ2n) is 5.36. The van der Waals surface area contributed by atoms with Crippen LogP contribution in [0.3, 0.4) is 0 Å². The Morgan fingerprint density at radius 2 is 1.83 bits per heavy atom. The van der Waals surface area contributed by atoms with Crippen LogP contribution in [-0.2, 0) is 11.8 Å². The first-order valence-corrected chi connectivity index (χ1v) is 7.78. The summed E-state index contributed by atoms with van der Waals surface area (Å²) in [5.41, 5.74) is 2.24. The molecule has 0 unspecified atom stereocenters. The fraction of sp³-hybridized carbons (Fsp3) is 0.500. The molecule has 2 aromatic heterocycles. The van der Waals surface area contributed by atoms with Gasteiger partial charge in [0.05, 0.1) is 27.2 Å². The minimum Gasteiger partial charge on any atom is -0.321 e. The fourth-order valence-corrected chi connectivity index (χ4v) is 2.76. The summed E-state index contributed by atoms with van der Waals surface area (Å²) in [7, 11) is 1.78. The van der Waals surface area contributed by atoms with Crippen LogP contribution in [0.15, 0.2) is 4.47 Å². The Hall–Kier alpha value is -1.77. The SMILES string of the molecule is Cc1nn(C)c(C)c1NC(=O)[C@H](C)n1nc(C(F)F)c(Br)c1C. The smallest absolute Gasteiger partial charge is 0.283 e. The summed E-state index contributed by atoms with van der Waals surface area (Å²) in [6.07, 6.45) is -2.71. The lowest BCUT2D eigenvalue weighted by Crippen LogP contribution is -2.25. The number of aryl methyl sites for hydroxylation is 2.